The predicted molar refractivity (Wildman–Crippen MR) is 146 cm³/mol. The first-order chi connectivity index (χ1) is 15.7. The van der Waals surface area contributed by atoms with Gasteiger partial charge in [0.1, 0.15) is 5.75 Å². The molecule has 2 aliphatic heterocycles. The van der Waals surface area contributed by atoms with Crippen molar-refractivity contribution in [3.05, 3.63) is 29.8 Å². The van der Waals surface area contributed by atoms with Crippen LogP contribution in [-0.4, -0.2) is 74.6 Å². The molecular formula is C25H42IN5O2. The Balaban J connectivity index is 0.00000385. The van der Waals surface area contributed by atoms with Crippen molar-refractivity contribution in [1.82, 2.24) is 20.4 Å². The smallest absolute Gasteiger partial charge is 0.222 e. The lowest BCUT2D eigenvalue weighted by molar-refractivity contribution is -0.130. The molecule has 1 unspecified atom stereocenters. The molecule has 7 nitrogen and oxygen atoms in total. The molecule has 2 fully saturated rings. The first-order valence-electron chi connectivity index (χ1n) is 12.4. The van der Waals surface area contributed by atoms with Gasteiger partial charge in [-0.3, -0.25) is 14.7 Å². The van der Waals surface area contributed by atoms with Crippen LogP contribution < -0.4 is 15.4 Å². The van der Waals surface area contributed by atoms with Gasteiger partial charge < -0.3 is 20.3 Å². The Morgan fingerprint density at radius 3 is 2.67 bits per heavy atom. The number of likely N-dealkylation sites (tertiary alicyclic amines) is 2. The summed E-state index contributed by atoms with van der Waals surface area (Å²) in [5.41, 5.74) is 1.26. The number of benzene rings is 1. The van der Waals surface area contributed by atoms with Crippen molar-refractivity contribution in [3.8, 4) is 5.75 Å². The van der Waals surface area contributed by atoms with Crippen LogP contribution in [0.15, 0.2) is 29.3 Å². The van der Waals surface area contributed by atoms with Gasteiger partial charge in [0.05, 0.1) is 19.7 Å². The summed E-state index contributed by atoms with van der Waals surface area (Å²) >= 11 is 0. The minimum Gasteiger partial charge on any atom is -0.497 e. The van der Waals surface area contributed by atoms with Crippen molar-refractivity contribution >= 4 is 35.8 Å². The number of ether oxygens (including phenoxy) is 1. The van der Waals surface area contributed by atoms with Crippen LogP contribution >= 0.6 is 24.0 Å². The van der Waals surface area contributed by atoms with Gasteiger partial charge in [-0.05, 0) is 69.8 Å². The molecule has 0 bridgehead atoms. The lowest BCUT2D eigenvalue weighted by atomic mass is 10.1. The second-order valence-corrected chi connectivity index (χ2v) is 8.73. The number of carbonyl (C=O) groups is 1. The molecule has 1 aromatic carbocycles. The molecule has 1 amide bonds. The molecule has 1 atom stereocenters. The van der Waals surface area contributed by atoms with Crippen LogP contribution in [0.2, 0.25) is 0 Å². The standard InChI is InChI=1S/C25H41N5O2.HI/c1-3-26-25(27-14-10-18-30-17-6-4-5-13-24(30)31)28-20-23(29-15-7-8-16-29)21-11-9-12-22(19-21)32-2;/h9,11-12,19,23H,3-8,10,13-18,20H2,1-2H3,(H2,26,27,28);1H. The third-order valence-electron chi connectivity index (χ3n) is 6.40. The topological polar surface area (TPSA) is 69.2 Å². The number of rotatable bonds is 10. The number of amides is 1. The predicted octanol–water partition coefficient (Wildman–Crippen LogP) is 3.80. The number of carbonyl (C=O) groups excluding carboxylic acids is 1. The summed E-state index contributed by atoms with van der Waals surface area (Å²) in [4.78, 5) is 21.7. The van der Waals surface area contributed by atoms with Crippen LogP contribution in [-0.2, 0) is 4.79 Å². The highest BCUT2D eigenvalue weighted by Gasteiger charge is 2.24. The molecule has 186 valence electrons. The van der Waals surface area contributed by atoms with Crippen molar-refractivity contribution in [2.45, 2.75) is 57.9 Å². The van der Waals surface area contributed by atoms with Gasteiger partial charge in [-0.15, -0.1) is 24.0 Å². The van der Waals surface area contributed by atoms with Crippen LogP contribution in [0.5, 0.6) is 5.75 Å². The molecule has 2 heterocycles. The van der Waals surface area contributed by atoms with Gasteiger partial charge in [0, 0.05) is 32.6 Å². The van der Waals surface area contributed by atoms with E-state index in [1.54, 1.807) is 7.11 Å². The van der Waals surface area contributed by atoms with E-state index in [0.29, 0.717) is 18.9 Å². The Hall–Kier alpha value is -1.55. The summed E-state index contributed by atoms with van der Waals surface area (Å²) in [6.45, 7) is 8.39. The summed E-state index contributed by atoms with van der Waals surface area (Å²) < 4.78 is 5.46. The fourth-order valence-electron chi connectivity index (χ4n) is 4.60. The number of hydrogen-bond acceptors (Lipinski definition) is 4. The normalized spacial score (nSPS) is 18.4. The summed E-state index contributed by atoms with van der Waals surface area (Å²) in [5, 5.41) is 6.84. The Morgan fingerprint density at radius 2 is 1.91 bits per heavy atom. The summed E-state index contributed by atoms with van der Waals surface area (Å²) in [6, 6.07) is 8.62. The third-order valence-corrected chi connectivity index (χ3v) is 6.40. The lowest BCUT2D eigenvalue weighted by Gasteiger charge is -2.27. The number of aliphatic imine (C=N–C) groups is 1. The molecular weight excluding hydrogens is 529 g/mol. The average Bonchev–Trinajstić information content (AvgIpc) is 3.26. The van der Waals surface area contributed by atoms with Crippen molar-refractivity contribution in [2.24, 2.45) is 4.99 Å². The van der Waals surface area contributed by atoms with E-state index in [0.717, 1.165) is 70.2 Å². The van der Waals surface area contributed by atoms with Crippen molar-refractivity contribution < 1.29 is 9.53 Å². The van der Waals surface area contributed by atoms with Crippen molar-refractivity contribution in [1.29, 1.82) is 0 Å². The average molecular weight is 572 g/mol. The minimum atomic E-state index is 0. The molecule has 0 spiro atoms. The number of guanidine groups is 1. The number of methoxy groups -OCH3 is 1. The Morgan fingerprint density at radius 1 is 1.12 bits per heavy atom. The second-order valence-electron chi connectivity index (χ2n) is 8.73. The fourth-order valence-corrected chi connectivity index (χ4v) is 4.60. The third kappa shape index (κ3) is 8.96. The van der Waals surface area contributed by atoms with Gasteiger partial charge in [-0.2, -0.15) is 0 Å². The van der Waals surface area contributed by atoms with Gasteiger partial charge in [-0.25, -0.2) is 0 Å². The van der Waals surface area contributed by atoms with E-state index in [2.05, 4.69) is 40.7 Å². The van der Waals surface area contributed by atoms with E-state index in [1.807, 2.05) is 11.0 Å². The monoisotopic (exact) mass is 571 g/mol. The lowest BCUT2D eigenvalue weighted by Crippen LogP contribution is -2.40. The molecule has 0 aromatic heterocycles. The molecule has 0 radical (unpaired) electrons. The SMILES string of the molecule is CCNC(=NCC(c1cccc(OC)c1)N1CCCC1)NCCCN1CCCCCC1=O.I. The Kier molecular flexibility index (Phi) is 12.9. The maximum Gasteiger partial charge on any atom is 0.222 e. The van der Waals surface area contributed by atoms with Crippen molar-refractivity contribution in [3.63, 3.8) is 0 Å². The number of halogens is 1. The zero-order chi connectivity index (χ0) is 22.6. The van der Waals surface area contributed by atoms with Crippen molar-refractivity contribution in [2.75, 3.05) is 52.9 Å². The first kappa shape index (κ1) is 27.7. The van der Waals surface area contributed by atoms with Crippen LogP contribution in [0.1, 0.15) is 63.5 Å². The van der Waals surface area contributed by atoms with Gasteiger partial charge in [0.15, 0.2) is 5.96 Å². The second kappa shape index (κ2) is 15.4. The highest BCUT2D eigenvalue weighted by atomic mass is 127. The Bertz CT molecular complexity index is 739. The Labute approximate surface area is 216 Å². The zero-order valence-corrected chi connectivity index (χ0v) is 22.7. The summed E-state index contributed by atoms with van der Waals surface area (Å²) in [6.07, 6.45) is 7.47. The molecule has 2 aliphatic rings. The molecule has 33 heavy (non-hydrogen) atoms. The molecule has 0 aliphatic carbocycles. The number of nitrogens with zero attached hydrogens (tertiary/aromatic N) is 3. The van der Waals surface area contributed by atoms with E-state index in [4.69, 9.17) is 9.73 Å². The van der Waals surface area contributed by atoms with Crippen LogP contribution in [0.4, 0.5) is 0 Å². The van der Waals surface area contributed by atoms with Gasteiger partial charge in [-0.1, -0.05) is 18.6 Å². The van der Waals surface area contributed by atoms with Crippen LogP contribution in [0, 0.1) is 0 Å². The van der Waals surface area contributed by atoms with Crippen LogP contribution in [0.25, 0.3) is 0 Å². The number of hydrogen-bond donors (Lipinski definition) is 2. The highest BCUT2D eigenvalue weighted by Crippen LogP contribution is 2.27. The molecule has 3 rings (SSSR count). The maximum absolute atomic E-state index is 12.2. The maximum atomic E-state index is 12.2. The summed E-state index contributed by atoms with van der Waals surface area (Å²) in [5.74, 6) is 2.06. The quantitative estimate of drug-likeness (QED) is 0.194. The molecule has 8 heteroatoms. The van der Waals surface area contributed by atoms with E-state index < -0.39 is 0 Å². The van der Waals surface area contributed by atoms with Crippen LogP contribution in [0.3, 0.4) is 0 Å². The molecule has 2 N–H and O–H groups in total. The van der Waals surface area contributed by atoms with E-state index >= 15 is 0 Å². The van der Waals surface area contributed by atoms with Gasteiger partial charge in [0.25, 0.3) is 0 Å². The van der Waals surface area contributed by atoms with Gasteiger partial charge >= 0.3 is 0 Å². The van der Waals surface area contributed by atoms with E-state index in [-0.39, 0.29) is 30.0 Å². The summed E-state index contributed by atoms with van der Waals surface area (Å²) in [7, 11) is 1.72. The van der Waals surface area contributed by atoms with Gasteiger partial charge in [0.2, 0.25) is 5.91 Å². The van der Waals surface area contributed by atoms with E-state index in [9.17, 15) is 4.79 Å². The largest absolute Gasteiger partial charge is 0.497 e. The molecule has 1 aromatic rings. The fraction of sp³-hybridized carbons (Fsp3) is 0.680. The number of nitrogens with one attached hydrogen (secondary N) is 2. The molecule has 0 saturated carbocycles. The first-order valence-corrected chi connectivity index (χ1v) is 12.4. The minimum absolute atomic E-state index is 0. The zero-order valence-electron chi connectivity index (χ0n) is 20.4. The van der Waals surface area contributed by atoms with E-state index in [1.165, 1.54) is 24.8 Å². The highest BCUT2D eigenvalue weighted by molar-refractivity contribution is 14.0. The molecule has 2 saturated heterocycles.